The molecule has 0 saturated heterocycles. The molecule has 6 heteroatoms. The molecule has 0 aliphatic carbocycles. The van der Waals surface area contributed by atoms with Gasteiger partial charge in [0, 0.05) is 30.3 Å². The van der Waals surface area contributed by atoms with E-state index in [9.17, 15) is 0 Å². The highest BCUT2D eigenvalue weighted by Crippen LogP contribution is 2.26. The number of nitriles is 1. The average molecular weight is 333 g/mol. The SMILES string of the molecule is C=CCn1c(SCc2cccc(C#N)c2)nnc1-c1ccncc1. The number of hydrogen-bond acceptors (Lipinski definition) is 5. The standard InChI is InChI=1S/C18H15N5S/c1-2-10-23-17(16-6-8-20-9-7-16)21-22-18(23)24-13-15-5-3-4-14(11-15)12-19/h2-9,11H,1,10,13H2. The second kappa shape index (κ2) is 7.57. The van der Waals surface area contributed by atoms with Crippen LogP contribution in [0.1, 0.15) is 11.1 Å². The van der Waals surface area contributed by atoms with E-state index in [4.69, 9.17) is 5.26 Å². The molecule has 3 rings (SSSR count). The van der Waals surface area contributed by atoms with Gasteiger partial charge in [-0.2, -0.15) is 5.26 Å². The Labute approximate surface area is 144 Å². The van der Waals surface area contributed by atoms with Gasteiger partial charge in [0.15, 0.2) is 11.0 Å². The lowest BCUT2D eigenvalue weighted by Crippen LogP contribution is -2.00. The Bertz CT molecular complexity index is 880. The van der Waals surface area contributed by atoms with E-state index in [1.165, 1.54) is 0 Å². The van der Waals surface area contributed by atoms with Crippen LogP contribution in [0.3, 0.4) is 0 Å². The quantitative estimate of drug-likeness (QED) is 0.508. The number of nitrogens with zero attached hydrogens (tertiary/aromatic N) is 5. The summed E-state index contributed by atoms with van der Waals surface area (Å²) < 4.78 is 2.03. The molecule has 0 aliphatic heterocycles. The van der Waals surface area contributed by atoms with E-state index < -0.39 is 0 Å². The highest BCUT2D eigenvalue weighted by atomic mass is 32.2. The van der Waals surface area contributed by atoms with Crippen molar-refractivity contribution in [2.75, 3.05) is 0 Å². The average Bonchev–Trinajstić information content (AvgIpc) is 3.04. The molecule has 0 unspecified atom stereocenters. The molecule has 24 heavy (non-hydrogen) atoms. The fraction of sp³-hybridized carbons (Fsp3) is 0.111. The predicted molar refractivity (Wildman–Crippen MR) is 94.2 cm³/mol. The number of hydrogen-bond donors (Lipinski definition) is 0. The first-order valence-corrected chi connectivity index (χ1v) is 8.36. The monoisotopic (exact) mass is 333 g/mol. The van der Waals surface area contributed by atoms with Gasteiger partial charge in [-0.05, 0) is 29.8 Å². The third-order valence-electron chi connectivity index (χ3n) is 3.39. The lowest BCUT2D eigenvalue weighted by atomic mass is 10.2. The second-order valence-corrected chi connectivity index (χ2v) is 5.98. The Hall–Kier alpha value is -2.91. The summed E-state index contributed by atoms with van der Waals surface area (Å²) in [5.41, 5.74) is 2.72. The van der Waals surface area contributed by atoms with Gasteiger partial charge in [0.1, 0.15) is 0 Å². The number of benzene rings is 1. The molecule has 0 spiro atoms. The second-order valence-electron chi connectivity index (χ2n) is 5.04. The number of pyridine rings is 1. The molecule has 0 saturated carbocycles. The molecule has 0 bridgehead atoms. The molecule has 5 nitrogen and oxygen atoms in total. The Morgan fingerprint density at radius 3 is 2.79 bits per heavy atom. The minimum Gasteiger partial charge on any atom is -0.298 e. The van der Waals surface area contributed by atoms with E-state index >= 15 is 0 Å². The van der Waals surface area contributed by atoms with Crippen molar-refractivity contribution in [2.24, 2.45) is 0 Å². The van der Waals surface area contributed by atoms with Gasteiger partial charge in [0.2, 0.25) is 0 Å². The molecule has 0 atom stereocenters. The number of thioether (sulfide) groups is 1. The minimum atomic E-state index is 0.630. The van der Waals surface area contributed by atoms with Crippen LogP contribution in [0.5, 0.6) is 0 Å². The van der Waals surface area contributed by atoms with Crippen LogP contribution >= 0.6 is 11.8 Å². The number of aromatic nitrogens is 4. The zero-order valence-corrected chi connectivity index (χ0v) is 13.8. The van der Waals surface area contributed by atoms with Crippen molar-refractivity contribution in [3.05, 3.63) is 72.6 Å². The van der Waals surface area contributed by atoms with E-state index in [0.717, 1.165) is 27.9 Å². The molecule has 3 aromatic rings. The molecular formula is C18H15N5S. The van der Waals surface area contributed by atoms with Crippen molar-refractivity contribution in [2.45, 2.75) is 17.5 Å². The maximum Gasteiger partial charge on any atom is 0.192 e. The van der Waals surface area contributed by atoms with Gasteiger partial charge >= 0.3 is 0 Å². The van der Waals surface area contributed by atoms with Gasteiger partial charge < -0.3 is 0 Å². The Kier molecular flexibility index (Phi) is 5.04. The normalized spacial score (nSPS) is 10.3. The third-order valence-corrected chi connectivity index (χ3v) is 4.43. The topological polar surface area (TPSA) is 67.4 Å². The van der Waals surface area contributed by atoms with Crippen molar-refractivity contribution >= 4 is 11.8 Å². The summed E-state index contributed by atoms with van der Waals surface area (Å²) in [7, 11) is 0. The van der Waals surface area contributed by atoms with Crippen molar-refractivity contribution < 1.29 is 0 Å². The van der Waals surface area contributed by atoms with E-state index in [2.05, 4.69) is 27.8 Å². The van der Waals surface area contributed by atoms with Crippen molar-refractivity contribution in [1.29, 1.82) is 5.26 Å². The Morgan fingerprint density at radius 2 is 2.04 bits per heavy atom. The molecular weight excluding hydrogens is 318 g/mol. The van der Waals surface area contributed by atoms with Crippen molar-refractivity contribution in [1.82, 2.24) is 19.7 Å². The summed E-state index contributed by atoms with van der Waals surface area (Å²) in [6.45, 7) is 4.45. The first kappa shape index (κ1) is 16.0. The molecule has 0 fully saturated rings. The molecule has 0 amide bonds. The molecule has 2 aromatic heterocycles. The van der Waals surface area contributed by atoms with E-state index in [-0.39, 0.29) is 0 Å². The van der Waals surface area contributed by atoms with Gasteiger partial charge in [-0.3, -0.25) is 9.55 Å². The van der Waals surface area contributed by atoms with Crippen LogP contribution in [0.4, 0.5) is 0 Å². The fourth-order valence-electron chi connectivity index (χ4n) is 2.28. The van der Waals surface area contributed by atoms with Crippen LogP contribution in [0, 0.1) is 11.3 Å². The van der Waals surface area contributed by atoms with E-state index in [0.29, 0.717) is 12.1 Å². The Balaban J connectivity index is 1.84. The van der Waals surface area contributed by atoms with Gasteiger partial charge in [0.05, 0.1) is 11.6 Å². The highest BCUT2D eigenvalue weighted by molar-refractivity contribution is 7.98. The summed E-state index contributed by atoms with van der Waals surface area (Å²) in [5, 5.41) is 18.4. The number of allylic oxidation sites excluding steroid dienone is 1. The van der Waals surface area contributed by atoms with Gasteiger partial charge in [-0.1, -0.05) is 30.0 Å². The Morgan fingerprint density at radius 1 is 1.21 bits per heavy atom. The fourth-order valence-corrected chi connectivity index (χ4v) is 3.17. The summed E-state index contributed by atoms with van der Waals surface area (Å²) in [5.74, 6) is 1.52. The molecule has 2 heterocycles. The molecule has 0 aliphatic rings. The highest BCUT2D eigenvalue weighted by Gasteiger charge is 2.13. The van der Waals surface area contributed by atoms with Crippen molar-refractivity contribution in [3.63, 3.8) is 0 Å². The van der Waals surface area contributed by atoms with Crippen LogP contribution in [-0.2, 0) is 12.3 Å². The van der Waals surface area contributed by atoms with Crippen LogP contribution in [0.2, 0.25) is 0 Å². The zero-order valence-electron chi connectivity index (χ0n) is 13.0. The first-order valence-electron chi connectivity index (χ1n) is 7.38. The third kappa shape index (κ3) is 3.53. The summed E-state index contributed by atoms with van der Waals surface area (Å²) in [6, 6.07) is 13.6. The number of rotatable bonds is 6. The molecule has 0 N–H and O–H groups in total. The van der Waals surface area contributed by atoms with E-state index in [1.54, 1.807) is 30.2 Å². The van der Waals surface area contributed by atoms with Crippen LogP contribution in [-0.4, -0.2) is 19.7 Å². The minimum absolute atomic E-state index is 0.630. The first-order chi connectivity index (χ1) is 11.8. The zero-order chi connectivity index (χ0) is 16.8. The lowest BCUT2D eigenvalue weighted by molar-refractivity contribution is 0.731. The molecule has 0 radical (unpaired) electrons. The van der Waals surface area contributed by atoms with Crippen LogP contribution in [0.15, 0.2) is 66.6 Å². The smallest absolute Gasteiger partial charge is 0.192 e. The maximum atomic E-state index is 8.99. The van der Waals surface area contributed by atoms with E-state index in [1.807, 2.05) is 41.0 Å². The van der Waals surface area contributed by atoms with Crippen molar-refractivity contribution in [3.8, 4) is 17.5 Å². The summed E-state index contributed by atoms with van der Waals surface area (Å²) in [4.78, 5) is 4.04. The van der Waals surface area contributed by atoms with Crippen LogP contribution < -0.4 is 0 Å². The van der Waals surface area contributed by atoms with Gasteiger partial charge in [-0.25, -0.2) is 0 Å². The molecule has 1 aromatic carbocycles. The lowest BCUT2D eigenvalue weighted by Gasteiger charge is -2.07. The van der Waals surface area contributed by atoms with Gasteiger partial charge in [-0.15, -0.1) is 16.8 Å². The molecule has 118 valence electrons. The summed E-state index contributed by atoms with van der Waals surface area (Å²) >= 11 is 1.59. The predicted octanol–water partition coefficient (Wildman–Crippen LogP) is 3.69. The van der Waals surface area contributed by atoms with Crippen LogP contribution in [0.25, 0.3) is 11.4 Å². The largest absolute Gasteiger partial charge is 0.298 e. The van der Waals surface area contributed by atoms with Gasteiger partial charge in [0.25, 0.3) is 0 Å². The maximum absolute atomic E-state index is 8.99. The summed E-state index contributed by atoms with van der Waals surface area (Å²) in [6.07, 6.45) is 5.30.